The number of rotatable bonds is 6. The van der Waals surface area contributed by atoms with Gasteiger partial charge in [-0.15, -0.1) is 0 Å². The van der Waals surface area contributed by atoms with Gasteiger partial charge >= 0.3 is 5.91 Å². The number of halogens is 4. The Labute approximate surface area is 186 Å². The number of aromatic nitrogens is 4. The first-order chi connectivity index (χ1) is 15.2. The largest absolute Gasteiger partial charge is 0.437 e. The first-order valence-corrected chi connectivity index (χ1v) is 10.5. The van der Waals surface area contributed by atoms with Crippen molar-refractivity contribution in [3.05, 3.63) is 47.5 Å². The molecule has 1 aliphatic carbocycles. The van der Waals surface area contributed by atoms with Gasteiger partial charge in [-0.3, -0.25) is 9.08 Å². The molecule has 0 atom stereocenters. The minimum absolute atomic E-state index is 0.0442. The summed E-state index contributed by atoms with van der Waals surface area (Å²) in [5.74, 6) is -0.00360. The number of pyridine rings is 1. The van der Waals surface area contributed by atoms with E-state index in [2.05, 4.69) is 15.4 Å². The van der Waals surface area contributed by atoms with Crippen LogP contribution < -0.4 is 5.32 Å². The van der Waals surface area contributed by atoms with Gasteiger partial charge in [-0.25, -0.2) is 27.3 Å². The number of aryl methyl sites for hydroxylation is 1. The molecule has 1 saturated carbocycles. The van der Waals surface area contributed by atoms with Crippen LogP contribution in [0.2, 0.25) is 0 Å². The molecule has 32 heavy (non-hydrogen) atoms. The predicted molar refractivity (Wildman–Crippen MR) is 110 cm³/mol. The number of nitrogens with one attached hydrogen (secondary N) is 1. The molecule has 1 N–H and O–H groups in total. The Bertz CT molecular complexity index is 1150. The van der Waals surface area contributed by atoms with Gasteiger partial charge in [0, 0.05) is 38.3 Å². The molecular weight excluding hydrogens is 448 g/mol. The smallest absolute Gasteiger partial charge is 0.368 e. The maximum atomic E-state index is 13.2. The second-order valence-electron chi connectivity index (χ2n) is 7.79. The lowest BCUT2D eigenvalue weighted by Crippen LogP contribution is -2.37. The molecule has 3 heterocycles. The van der Waals surface area contributed by atoms with E-state index < -0.39 is 24.5 Å². The minimum atomic E-state index is -2.87. The Balaban J connectivity index is 1.41. The number of fused-ring (bicyclic) bond motifs is 1. The molecule has 1 amide bonds. The predicted octanol–water partition coefficient (Wildman–Crippen LogP) is 4.25. The van der Waals surface area contributed by atoms with Crippen LogP contribution in [0.15, 0.2) is 30.6 Å². The standard InChI is InChI=1S/C20H21F4N6OS/c1-28-9-13(17(27-28)19(23)24)20(31)30(32)12-7-5-11(6-8-12)25-15-3-2-4-16-26-14(18(21)22)10-29(15)16/h2-4,9-12,18-19,25H,5-8H2,1H3/q+1/t11-,12+. The number of carbonyl (C=O) groups excluding carboxylic acids is 1. The second-order valence-corrected chi connectivity index (χ2v) is 8.18. The summed E-state index contributed by atoms with van der Waals surface area (Å²) >= 11 is 5.27. The average molecular weight is 469 g/mol. The van der Waals surface area contributed by atoms with Crippen LogP contribution in [0.25, 0.3) is 5.65 Å². The zero-order valence-corrected chi connectivity index (χ0v) is 17.9. The van der Waals surface area contributed by atoms with E-state index in [1.165, 1.54) is 24.1 Å². The first kappa shape index (κ1) is 22.3. The summed E-state index contributed by atoms with van der Waals surface area (Å²) in [5, 5.41) is 7.02. The summed E-state index contributed by atoms with van der Waals surface area (Å²) in [6, 6.07) is 4.95. The molecule has 3 aromatic rings. The zero-order valence-electron chi connectivity index (χ0n) is 17.1. The van der Waals surface area contributed by atoms with E-state index in [-0.39, 0.29) is 23.3 Å². The Morgan fingerprint density at radius 3 is 2.53 bits per heavy atom. The highest BCUT2D eigenvalue weighted by atomic mass is 32.1. The molecule has 170 valence electrons. The normalized spacial score (nSPS) is 19.1. The van der Waals surface area contributed by atoms with Crippen LogP contribution in [0.1, 0.15) is 60.3 Å². The van der Waals surface area contributed by atoms with E-state index in [1.54, 1.807) is 22.6 Å². The molecule has 1 aliphatic rings. The van der Waals surface area contributed by atoms with Gasteiger partial charge in [0.15, 0.2) is 6.04 Å². The lowest BCUT2D eigenvalue weighted by Gasteiger charge is -2.26. The third-order valence-corrected chi connectivity index (χ3v) is 6.07. The molecule has 0 unspecified atom stereocenters. The van der Waals surface area contributed by atoms with E-state index in [9.17, 15) is 22.4 Å². The van der Waals surface area contributed by atoms with Gasteiger partial charge < -0.3 is 5.32 Å². The quantitative estimate of drug-likeness (QED) is 0.432. The van der Waals surface area contributed by atoms with Gasteiger partial charge in [-0.1, -0.05) is 10.0 Å². The van der Waals surface area contributed by atoms with E-state index >= 15 is 0 Å². The molecule has 12 heteroatoms. The molecule has 0 aliphatic heterocycles. The van der Waals surface area contributed by atoms with Crippen LogP contribution in [-0.2, 0) is 19.5 Å². The summed E-state index contributed by atoms with van der Waals surface area (Å²) in [6.45, 7) is 0. The van der Waals surface area contributed by atoms with Crippen molar-refractivity contribution in [3.8, 4) is 0 Å². The summed E-state index contributed by atoms with van der Waals surface area (Å²) in [4.78, 5) is 16.6. The topological polar surface area (TPSA) is 67.2 Å². The van der Waals surface area contributed by atoms with Gasteiger partial charge in [0.05, 0.1) is 0 Å². The zero-order chi connectivity index (χ0) is 23.0. The number of amides is 1. The fourth-order valence-corrected chi connectivity index (χ4v) is 4.34. The van der Waals surface area contributed by atoms with Crippen molar-refractivity contribution >= 4 is 29.8 Å². The third kappa shape index (κ3) is 4.36. The van der Waals surface area contributed by atoms with Crippen molar-refractivity contribution in [1.29, 1.82) is 0 Å². The lowest BCUT2D eigenvalue weighted by molar-refractivity contribution is -0.448. The number of nitrogens with zero attached hydrogens (tertiary/aromatic N) is 5. The Kier molecular flexibility index (Phi) is 6.22. The van der Waals surface area contributed by atoms with Gasteiger partial charge in [0.1, 0.15) is 28.4 Å². The highest BCUT2D eigenvalue weighted by Crippen LogP contribution is 2.28. The number of hydrogen-bond donors (Lipinski definition) is 1. The molecule has 4 rings (SSSR count). The molecule has 3 aromatic heterocycles. The van der Waals surface area contributed by atoms with Crippen LogP contribution >= 0.6 is 0 Å². The highest BCUT2D eigenvalue weighted by Gasteiger charge is 2.37. The summed E-state index contributed by atoms with van der Waals surface area (Å²) in [7, 11) is 1.47. The van der Waals surface area contributed by atoms with Crippen molar-refractivity contribution in [2.24, 2.45) is 7.05 Å². The molecular formula is C20H21F4N6OS+. The number of hydrogen-bond acceptors (Lipinski definition) is 5. The molecule has 0 radical (unpaired) electrons. The molecule has 0 saturated heterocycles. The van der Waals surface area contributed by atoms with Crippen LogP contribution in [-0.4, -0.2) is 41.1 Å². The first-order valence-electron chi connectivity index (χ1n) is 10.1. The van der Waals surface area contributed by atoms with Crippen LogP contribution in [0.5, 0.6) is 0 Å². The highest BCUT2D eigenvalue weighted by molar-refractivity contribution is 7.44. The lowest BCUT2D eigenvalue weighted by atomic mass is 9.91. The fraction of sp³-hybridized carbons (Fsp3) is 0.450. The van der Waals surface area contributed by atoms with Gasteiger partial charge in [-0.05, 0) is 25.0 Å². The molecule has 7 nitrogen and oxygen atoms in total. The Hall–Kier alpha value is -2.89. The maximum absolute atomic E-state index is 13.2. The number of imidazole rings is 1. The number of carbonyl (C=O) groups is 1. The molecule has 1 fully saturated rings. The SMILES string of the molecule is Cn1cc(C(=O)[N+](=S)[C@H]2CC[C@@H](Nc3cccc4nc(C(F)F)cn34)CC2)c(C(F)F)n1. The van der Waals surface area contributed by atoms with Gasteiger partial charge in [-0.2, -0.15) is 5.10 Å². The van der Waals surface area contributed by atoms with Crippen LogP contribution in [0.3, 0.4) is 0 Å². The molecule has 0 aromatic carbocycles. The average Bonchev–Trinajstić information content (AvgIpc) is 3.38. The van der Waals surface area contributed by atoms with Crippen LogP contribution in [0, 0.1) is 0 Å². The summed E-state index contributed by atoms with van der Waals surface area (Å²) < 4.78 is 56.2. The Morgan fingerprint density at radius 1 is 1.16 bits per heavy atom. The van der Waals surface area contributed by atoms with Crippen molar-refractivity contribution < 1.29 is 26.3 Å². The van der Waals surface area contributed by atoms with E-state index in [0.29, 0.717) is 37.1 Å². The number of alkyl halides is 4. The van der Waals surface area contributed by atoms with E-state index in [4.69, 9.17) is 12.4 Å². The second kappa shape index (κ2) is 8.93. The van der Waals surface area contributed by atoms with Gasteiger partial charge in [0.25, 0.3) is 25.3 Å². The van der Waals surface area contributed by atoms with Crippen molar-refractivity contribution in [3.63, 3.8) is 0 Å². The van der Waals surface area contributed by atoms with Crippen molar-refractivity contribution in [1.82, 2.24) is 19.2 Å². The number of anilines is 1. The van der Waals surface area contributed by atoms with Crippen LogP contribution in [0.4, 0.5) is 23.4 Å². The van der Waals surface area contributed by atoms with E-state index in [1.807, 2.05) is 0 Å². The van der Waals surface area contributed by atoms with Crippen molar-refractivity contribution in [2.75, 3.05) is 5.32 Å². The molecule has 0 spiro atoms. The molecule has 0 bridgehead atoms. The van der Waals surface area contributed by atoms with E-state index in [0.717, 1.165) is 3.95 Å². The van der Waals surface area contributed by atoms with Gasteiger partial charge in [0.2, 0.25) is 0 Å². The summed E-state index contributed by atoms with van der Waals surface area (Å²) in [6.07, 6.45) is -0.436. The minimum Gasteiger partial charge on any atom is -0.368 e. The Morgan fingerprint density at radius 2 is 1.88 bits per heavy atom. The van der Waals surface area contributed by atoms with Crippen molar-refractivity contribution in [2.45, 2.75) is 50.6 Å². The monoisotopic (exact) mass is 469 g/mol. The summed E-state index contributed by atoms with van der Waals surface area (Å²) in [5.41, 5.74) is -0.618. The fourth-order valence-electron chi connectivity index (χ4n) is 4.03. The maximum Gasteiger partial charge on any atom is 0.437 e. The third-order valence-electron chi connectivity index (χ3n) is 5.61.